The first-order valence-corrected chi connectivity index (χ1v) is 10.2. The van der Waals surface area contributed by atoms with Crippen LogP contribution in [-0.4, -0.2) is 85.3 Å². The monoisotopic (exact) mass is 494 g/mol. The largest absolute Gasteiger partial charge is 0.504 e. The average Bonchev–Trinajstić information content (AvgIpc) is 2.84. The first-order chi connectivity index (χ1) is 16.6. The molecule has 0 saturated carbocycles. The fourth-order valence-electron chi connectivity index (χ4n) is 3.69. The zero-order valence-corrected chi connectivity index (χ0v) is 18.0. The van der Waals surface area contributed by atoms with Crippen molar-refractivity contribution in [1.82, 2.24) is 0 Å². The Morgan fingerprint density at radius 2 is 1.63 bits per heavy atom. The van der Waals surface area contributed by atoms with Crippen molar-refractivity contribution < 1.29 is 59.5 Å². The number of rotatable bonds is 5. The highest BCUT2D eigenvalue weighted by atomic mass is 16.7. The van der Waals surface area contributed by atoms with Gasteiger partial charge >= 0.3 is 0 Å². The fourth-order valence-corrected chi connectivity index (χ4v) is 3.69. The minimum atomic E-state index is -1.71. The van der Waals surface area contributed by atoms with Crippen molar-refractivity contribution in [3.05, 3.63) is 34.5 Å². The molecular formula is C22H22O13. The van der Waals surface area contributed by atoms with Crippen LogP contribution in [0, 0.1) is 0 Å². The molecule has 0 bridgehead atoms. The molecule has 5 atom stereocenters. The third-order valence-electron chi connectivity index (χ3n) is 5.60. The molecule has 1 aliphatic rings. The van der Waals surface area contributed by atoms with E-state index in [1.165, 1.54) is 19.2 Å². The number of benzene rings is 2. The molecule has 0 unspecified atom stereocenters. The van der Waals surface area contributed by atoms with Gasteiger partial charge in [0.05, 0.1) is 13.7 Å². The molecule has 188 valence electrons. The Bertz CT molecular complexity index is 1320. The number of hydrogen-bond donors (Lipinski definition) is 8. The maximum Gasteiger partial charge on any atom is 0.238 e. The lowest BCUT2D eigenvalue weighted by molar-refractivity contribution is -0.277. The third kappa shape index (κ3) is 4.05. The molecule has 8 N–H and O–H groups in total. The number of fused-ring (bicyclic) bond motifs is 1. The van der Waals surface area contributed by atoms with Gasteiger partial charge in [-0.25, -0.2) is 0 Å². The van der Waals surface area contributed by atoms with Crippen LogP contribution in [0.5, 0.6) is 34.5 Å². The number of ether oxygens (including phenoxy) is 3. The Labute approximate surface area is 195 Å². The fraction of sp³-hybridized carbons (Fsp3) is 0.318. The lowest BCUT2D eigenvalue weighted by atomic mass is 9.99. The first kappa shape index (κ1) is 24.4. The van der Waals surface area contributed by atoms with E-state index < -0.39 is 71.1 Å². The topological polar surface area (TPSA) is 220 Å². The van der Waals surface area contributed by atoms with Crippen LogP contribution in [0.15, 0.2) is 33.5 Å². The van der Waals surface area contributed by atoms with Gasteiger partial charge in [0, 0.05) is 11.6 Å². The minimum Gasteiger partial charge on any atom is -0.504 e. The standard InChI is InChI=1S/C22H22O13/c1-32-11-5-10-13(16(27)14(11)25)17(28)19(30)21(33-10)7-2-3-9(8(24)4-7)34-22-20(31)18(29)15(26)12(6-23)35-22/h2-5,12,15,18,20,22-27,29-31H,6H2,1H3/t12-,15+,18-,20-,22+/m1/s1. The molecule has 0 radical (unpaired) electrons. The lowest BCUT2D eigenvalue weighted by Crippen LogP contribution is -2.60. The molecule has 13 heteroatoms. The van der Waals surface area contributed by atoms with Gasteiger partial charge in [0.1, 0.15) is 35.4 Å². The van der Waals surface area contributed by atoms with Crippen molar-refractivity contribution in [2.45, 2.75) is 30.7 Å². The maximum atomic E-state index is 12.6. The summed E-state index contributed by atoms with van der Waals surface area (Å²) in [6.07, 6.45) is -7.78. The van der Waals surface area contributed by atoms with Crippen molar-refractivity contribution in [2.24, 2.45) is 0 Å². The second-order valence-electron chi connectivity index (χ2n) is 7.76. The van der Waals surface area contributed by atoms with Crippen LogP contribution < -0.4 is 14.9 Å². The van der Waals surface area contributed by atoms with Gasteiger partial charge in [-0.2, -0.15) is 0 Å². The second kappa shape index (κ2) is 9.13. The van der Waals surface area contributed by atoms with E-state index in [0.717, 1.165) is 12.1 Å². The van der Waals surface area contributed by atoms with E-state index in [4.69, 9.17) is 18.6 Å². The molecule has 1 aliphatic heterocycles. The molecule has 35 heavy (non-hydrogen) atoms. The molecule has 13 nitrogen and oxygen atoms in total. The van der Waals surface area contributed by atoms with E-state index >= 15 is 0 Å². The first-order valence-electron chi connectivity index (χ1n) is 10.2. The molecule has 0 amide bonds. The van der Waals surface area contributed by atoms with Crippen molar-refractivity contribution in [2.75, 3.05) is 13.7 Å². The third-order valence-corrected chi connectivity index (χ3v) is 5.60. The summed E-state index contributed by atoms with van der Waals surface area (Å²) in [6, 6.07) is 4.65. The number of methoxy groups -OCH3 is 1. The number of aromatic hydroxyl groups is 4. The van der Waals surface area contributed by atoms with E-state index in [2.05, 4.69) is 0 Å². The predicted molar refractivity (Wildman–Crippen MR) is 116 cm³/mol. The van der Waals surface area contributed by atoms with E-state index in [1.54, 1.807) is 0 Å². The number of aliphatic hydroxyl groups excluding tert-OH is 4. The summed E-state index contributed by atoms with van der Waals surface area (Å²) >= 11 is 0. The van der Waals surface area contributed by atoms with Crippen LogP contribution in [0.3, 0.4) is 0 Å². The molecule has 0 spiro atoms. The summed E-state index contributed by atoms with van der Waals surface area (Å²) in [6.45, 7) is -0.673. The SMILES string of the molecule is COc1cc2oc(-c3ccc(O[C@H]4O[C@H](CO)[C@H](O)[C@@H](O)[C@H]4O)c(O)c3)c(O)c(=O)c2c(O)c1O. The molecule has 4 rings (SSSR count). The Kier molecular flexibility index (Phi) is 6.36. The van der Waals surface area contributed by atoms with Gasteiger partial charge in [-0.15, -0.1) is 0 Å². The maximum absolute atomic E-state index is 12.6. The van der Waals surface area contributed by atoms with Crippen LogP contribution in [0.4, 0.5) is 0 Å². The van der Waals surface area contributed by atoms with Gasteiger partial charge in [-0.05, 0) is 18.2 Å². The second-order valence-corrected chi connectivity index (χ2v) is 7.76. The lowest BCUT2D eigenvalue weighted by Gasteiger charge is -2.39. The van der Waals surface area contributed by atoms with Gasteiger partial charge in [0.15, 0.2) is 28.8 Å². The summed E-state index contributed by atoms with van der Waals surface area (Å²) in [7, 11) is 1.21. The van der Waals surface area contributed by atoms with Gasteiger partial charge < -0.3 is 59.5 Å². The van der Waals surface area contributed by atoms with Crippen molar-refractivity contribution in [3.63, 3.8) is 0 Å². The summed E-state index contributed by atoms with van der Waals surface area (Å²) in [5.74, 6) is -3.85. The van der Waals surface area contributed by atoms with Crippen LogP contribution in [0.25, 0.3) is 22.3 Å². The van der Waals surface area contributed by atoms with Crippen molar-refractivity contribution in [3.8, 4) is 45.8 Å². The van der Waals surface area contributed by atoms with Crippen LogP contribution in [0.1, 0.15) is 0 Å². The van der Waals surface area contributed by atoms with Gasteiger partial charge in [0.25, 0.3) is 0 Å². The zero-order valence-electron chi connectivity index (χ0n) is 18.0. The van der Waals surface area contributed by atoms with Crippen LogP contribution in [0.2, 0.25) is 0 Å². The molecule has 1 aromatic heterocycles. The Hall–Kier alpha value is -3.75. The molecule has 2 heterocycles. The van der Waals surface area contributed by atoms with Gasteiger partial charge in [0.2, 0.25) is 23.2 Å². The summed E-state index contributed by atoms with van der Waals surface area (Å²) in [4.78, 5) is 12.6. The quantitative estimate of drug-likeness (QED) is 0.209. The molecule has 3 aromatic rings. The smallest absolute Gasteiger partial charge is 0.238 e. The van der Waals surface area contributed by atoms with E-state index in [0.29, 0.717) is 0 Å². The predicted octanol–water partition coefficient (Wildman–Crippen LogP) is -0.530. The molecule has 1 saturated heterocycles. The minimum absolute atomic E-state index is 0.00619. The Morgan fingerprint density at radius 3 is 2.26 bits per heavy atom. The Morgan fingerprint density at radius 1 is 0.914 bits per heavy atom. The highest BCUT2D eigenvalue weighted by Gasteiger charge is 2.45. The molecular weight excluding hydrogens is 472 g/mol. The van der Waals surface area contributed by atoms with Crippen LogP contribution in [-0.2, 0) is 4.74 Å². The summed E-state index contributed by atoms with van der Waals surface area (Å²) < 4.78 is 21.1. The molecule has 1 fully saturated rings. The number of phenols is 3. The number of aliphatic hydroxyl groups is 4. The molecule has 2 aromatic carbocycles. The normalized spacial score (nSPS) is 24.4. The number of phenolic OH excluding ortho intramolecular Hbond substituents is 3. The van der Waals surface area contributed by atoms with E-state index in [-0.39, 0.29) is 28.4 Å². The van der Waals surface area contributed by atoms with Gasteiger partial charge in [-0.1, -0.05) is 0 Å². The number of hydrogen-bond acceptors (Lipinski definition) is 13. The average molecular weight is 494 g/mol. The van der Waals surface area contributed by atoms with E-state index in [9.17, 15) is 45.6 Å². The molecule has 0 aliphatic carbocycles. The zero-order chi connectivity index (χ0) is 25.6. The van der Waals surface area contributed by atoms with Crippen LogP contribution >= 0.6 is 0 Å². The Balaban J connectivity index is 1.71. The van der Waals surface area contributed by atoms with E-state index in [1.807, 2.05) is 0 Å². The summed E-state index contributed by atoms with van der Waals surface area (Å²) in [5, 5.41) is 79.5. The highest BCUT2D eigenvalue weighted by Crippen LogP contribution is 2.43. The van der Waals surface area contributed by atoms with Crippen molar-refractivity contribution >= 4 is 11.0 Å². The summed E-state index contributed by atoms with van der Waals surface area (Å²) in [5.41, 5.74) is -1.28. The van der Waals surface area contributed by atoms with Crippen molar-refractivity contribution in [1.29, 1.82) is 0 Å². The highest BCUT2D eigenvalue weighted by molar-refractivity contribution is 5.91. The van der Waals surface area contributed by atoms with Gasteiger partial charge in [-0.3, -0.25) is 4.79 Å².